The highest BCUT2D eigenvalue weighted by Crippen LogP contribution is 2.44. The number of aromatic nitrogens is 3. The zero-order chi connectivity index (χ0) is 29.7. The van der Waals surface area contributed by atoms with Gasteiger partial charge in [0.1, 0.15) is 0 Å². The van der Waals surface area contributed by atoms with Gasteiger partial charge in [-0.2, -0.15) is 0 Å². The topological polar surface area (TPSA) is 30.7 Å². The quantitative estimate of drug-likeness (QED) is 0.196. The maximum Gasteiger partial charge on any atom is 0.0651 e. The molecule has 6 aromatic carbocycles. The molecule has 0 bridgehead atoms. The molecule has 3 heterocycles. The summed E-state index contributed by atoms with van der Waals surface area (Å²) in [5.41, 5.74) is 10.4. The number of nitrogens with zero attached hydrogens (tertiary/aromatic N) is 3. The number of para-hydroxylation sites is 1. The van der Waals surface area contributed by atoms with Crippen LogP contribution in [0.25, 0.3) is 82.4 Å². The molecule has 0 fully saturated rings. The van der Waals surface area contributed by atoms with Gasteiger partial charge in [0, 0.05) is 34.9 Å². The highest BCUT2D eigenvalue weighted by Gasteiger charge is 2.17. The van der Waals surface area contributed by atoms with Crippen molar-refractivity contribution >= 4 is 43.4 Å². The van der Waals surface area contributed by atoms with E-state index in [1.54, 1.807) is 0 Å². The first-order chi connectivity index (χ1) is 22.3. The summed E-state index contributed by atoms with van der Waals surface area (Å²) in [6.07, 6.45) is 7.72. The van der Waals surface area contributed by atoms with Crippen molar-refractivity contribution < 1.29 is 0 Å². The third-order valence-electron chi connectivity index (χ3n) is 8.93. The van der Waals surface area contributed by atoms with Crippen LogP contribution in [0.4, 0.5) is 0 Å². The van der Waals surface area contributed by atoms with Gasteiger partial charge in [-0.3, -0.25) is 9.97 Å². The molecule has 0 unspecified atom stereocenters. The van der Waals surface area contributed by atoms with Crippen LogP contribution in [0, 0.1) is 0 Å². The molecule has 210 valence electrons. The SMILES string of the molecule is c1ccc(-c2c3ccccc3c(-c3cccc(-c4cncc(-n5c6ccccc6c6cnccc65)c4)c3)c3ccccc23)cc1. The van der Waals surface area contributed by atoms with Crippen molar-refractivity contribution in [1.82, 2.24) is 14.5 Å². The first-order valence-corrected chi connectivity index (χ1v) is 15.2. The first-order valence-electron chi connectivity index (χ1n) is 15.2. The fourth-order valence-corrected chi connectivity index (χ4v) is 7.01. The van der Waals surface area contributed by atoms with Crippen LogP contribution in [-0.4, -0.2) is 14.5 Å². The van der Waals surface area contributed by atoms with Crippen molar-refractivity contribution in [2.24, 2.45) is 0 Å². The van der Waals surface area contributed by atoms with E-state index >= 15 is 0 Å². The lowest BCUT2D eigenvalue weighted by atomic mass is 9.85. The number of rotatable bonds is 4. The molecule has 0 amide bonds. The molecule has 0 aliphatic rings. The monoisotopic (exact) mass is 573 g/mol. The molecule has 0 atom stereocenters. The Morgan fingerprint density at radius 1 is 0.356 bits per heavy atom. The zero-order valence-electron chi connectivity index (χ0n) is 24.4. The van der Waals surface area contributed by atoms with Crippen molar-refractivity contribution in [3.05, 3.63) is 164 Å². The lowest BCUT2D eigenvalue weighted by Gasteiger charge is -2.18. The van der Waals surface area contributed by atoms with Gasteiger partial charge in [-0.15, -0.1) is 0 Å². The molecule has 45 heavy (non-hydrogen) atoms. The molecule has 3 aromatic heterocycles. The Labute approximate surface area is 260 Å². The number of pyridine rings is 2. The number of hydrogen-bond acceptors (Lipinski definition) is 2. The number of hydrogen-bond donors (Lipinski definition) is 0. The van der Waals surface area contributed by atoms with Crippen LogP contribution in [0.2, 0.25) is 0 Å². The Balaban J connectivity index is 1.25. The second kappa shape index (κ2) is 10.3. The van der Waals surface area contributed by atoms with E-state index in [0.29, 0.717) is 0 Å². The summed E-state index contributed by atoms with van der Waals surface area (Å²) in [4.78, 5) is 9.15. The van der Waals surface area contributed by atoms with Crippen LogP contribution >= 0.6 is 0 Å². The van der Waals surface area contributed by atoms with E-state index in [0.717, 1.165) is 33.2 Å². The first kappa shape index (κ1) is 25.4. The van der Waals surface area contributed by atoms with Crippen molar-refractivity contribution in [2.45, 2.75) is 0 Å². The molecule has 0 N–H and O–H groups in total. The average Bonchev–Trinajstić information content (AvgIpc) is 3.45. The van der Waals surface area contributed by atoms with E-state index < -0.39 is 0 Å². The Bertz CT molecular complexity index is 2430. The van der Waals surface area contributed by atoms with Gasteiger partial charge in [0.15, 0.2) is 0 Å². The van der Waals surface area contributed by atoms with Crippen molar-refractivity contribution in [3.8, 4) is 39.1 Å². The normalized spacial score (nSPS) is 11.6. The third-order valence-corrected chi connectivity index (χ3v) is 8.93. The minimum Gasteiger partial charge on any atom is -0.308 e. The maximum atomic E-state index is 4.74. The zero-order valence-corrected chi connectivity index (χ0v) is 24.4. The Morgan fingerprint density at radius 2 is 0.933 bits per heavy atom. The molecule has 0 aliphatic carbocycles. The average molecular weight is 574 g/mol. The molecular weight excluding hydrogens is 546 g/mol. The van der Waals surface area contributed by atoms with Crippen LogP contribution in [0.15, 0.2) is 164 Å². The summed E-state index contributed by atoms with van der Waals surface area (Å²) < 4.78 is 2.29. The third kappa shape index (κ3) is 4.05. The summed E-state index contributed by atoms with van der Waals surface area (Å²) in [6, 6.07) is 50.1. The number of benzene rings is 6. The molecule has 9 aromatic rings. The van der Waals surface area contributed by atoms with Gasteiger partial charge in [-0.1, -0.05) is 115 Å². The predicted octanol–water partition coefficient (Wildman–Crippen LogP) is 10.9. The predicted molar refractivity (Wildman–Crippen MR) is 188 cm³/mol. The highest BCUT2D eigenvalue weighted by atomic mass is 15.0. The summed E-state index contributed by atoms with van der Waals surface area (Å²) in [6.45, 7) is 0. The molecule has 3 nitrogen and oxygen atoms in total. The molecule has 9 rings (SSSR count). The van der Waals surface area contributed by atoms with Crippen molar-refractivity contribution in [1.29, 1.82) is 0 Å². The Hall–Kier alpha value is -6.06. The van der Waals surface area contributed by atoms with Gasteiger partial charge in [0.25, 0.3) is 0 Å². The van der Waals surface area contributed by atoms with Crippen molar-refractivity contribution in [2.75, 3.05) is 0 Å². The van der Waals surface area contributed by atoms with Gasteiger partial charge in [-0.05, 0) is 73.6 Å². The summed E-state index contributed by atoms with van der Waals surface area (Å²) in [5.74, 6) is 0. The van der Waals surface area contributed by atoms with Gasteiger partial charge < -0.3 is 4.57 Å². The van der Waals surface area contributed by atoms with Gasteiger partial charge in [0.2, 0.25) is 0 Å². The molecular formula is C42H27N3. The lowest BCUT2D eigenvalue weighted by Crippen LogP contribution is -1.96. The Kier molecular flexibility index (Phi) is 5.82. The lowest BCUT2D eigenvalue weighted by molar-refractivity contribution is 1.14. The van der Waals surface area contributed by atoms with Crippen LogP contribution in [-0.2, 0) is 0 Å². The second-order valence-corrected chi connectivity index (χ2v) is 11.5. The second-order valence-electron chi connectivity index (χ2n) is 11.5. The van der Waals surface area contributed by atoms with Crippen LogP contribution in [0.3, 0.4) is 0 Å². The van der Waals surface area contributed by atoms with Crippen LogP contribution in [0.5, 0.6) is 0 Å². The van der Waals surface area contributed by atoms with E-state index in [9.17, 15) is 0 Å². The molecule has 3 heteroatoms. The molecule has 0 saturated carbocycles. The highest BCUT2D eigenvalue weighted by molar-refractivity contribution is 6.21. The maximum absolute atomic E-state index is 4.74. The molecule has 0 aliphatic heterocycles. The van der Waals surface area contributed by atoms with E-state index in [1.807, 2.05) is 24.8 Å². The van der Waals surface area contributed by atoms with E-state index in [1.165, 1.54) is 49.2 Å². The van der Waals surface area contributed by atoms with Crippen molar-refractivity contribution in [3.63, 3.8) is 0 Å². The smallest absolute Gasteiger partial charge is 0.0651 e. The fourth-order valence-electron chi connectivity index (χ4n) is 7.01. The van der Waals surface area contributed by atoms with Gasteiger partial charge in [-0.25, -0.2) is 0 Å². The van der Waals surface area contributed by atoms with Gasteiger partial charge in [0.05, 0.1) is 22.9 Å². The Morgan fingerprint density at radius 3 is 1.67 bits per heavy atom. The summed E-state index contributed by atoms with van der Waals surface area (Å²) in [7, 11) is 0. The fraction of sp³-hybridized carbons (Fsp3) is 0. The molecule has 0 radical (unpaired) electrons. The van der Waals surface area contributed by atoms with E-state index in [4.69, 9.17) is 4.98 Å². The summed E-state index contributed by atoms with van der Waals surface area (Å²) in [5, 5.41) is 7.33. The largest absolute Gasteiger partial charge is 0.308 e. The molecule has 0 saturated heterocycles. The number of fused-ring (bicyclic) bond motifs is 5. The minimum atomic E-state index is 1.03. The summed E-state index contributed by atoms with van der Waals surface area (Å²) >= 11 is 0. The van der Waals surface area contributed by atoms with Crippen LogP contribution in [0.1, 0.15) is 0 Å². The standard InChI is InChI=1S/C42H27N3/c1-2-11-28(12-3-1)41-34-16-4-6-18-36(34)42(37-19-7-5-17-35(37)41)30-14-10-13-29(23-30)31-24-32(26-44-25-31)45-39-20-9-8-15-33(39)38-27-43-22-21-40(38)45/h1-27H. The van der Waals surface area contributed by atoms with E-state index in [-0.39, 0.29) is 0 Å². The van der Waals surface area contributed by atoms with E-state index in [2.05, 4.69) is 149 Å². The molecule has 0 spiro atoms. The minimum absolute atomic E-state index is 1.03. The van der Waals surface area contributed by atoms with Gasteiger partial charge >= 0.3 is 0 Å². The van der Waals surface area contributed by atoms with Crippen LogP contribution < -0.4 is 0 Å².